The first-order chi connectivity index (χ1) is 9.72. The van der Waals surface area contributed by atoms with E-state index >= 15 is 0 Å². The van der Waals surface area contributed by atoms with Crippen LogP contribution in [-0.4, -0.2) is 20.1 Å². The van der Waals surface area contributed by atoms with E-state index in [4.69, 9.17) is 0 Å². The maximum atomic E-state index is 10.2. The summed E-state index contributed by atoms with van der Waals surface area (Å²) >= 11 is 0. The van der Waals surface area contributed by atoms with Gasteiger partial charge in [0.05, 0.1) is 23.1 Å². The summed E-state index contributed by atoms with van der Waals surface area (Å²) in [4.78, 5) is 12.9. The second kappa shape index (κ2) is 5.35. The Labute approximate surface area is 117 Å². The molecule has 1 atom stereocenters. The molecule has 100 valence electrons. The van der Waals surface area contributed by atoms with Crippen LogP contribution in [0.2, 0.25) is 0 Å². The number of rotatable bonds is 3. The highest BCUT2D eigenvalue weighted by Crippen LogP contribution is 2.17. The zero-order chi connectivity index (χ0) is 13.9. The van der Waals surface area contributed by atoms with Gasteiger partial charge in [0.2, 0.25) is 0 Å². The van der Waals surface area contributed by atoms with Crippen molar-refractivity contribution < 1.29 is 5.11 Å². The molecule has 4 heteroatoms. The van der Waals surface area contributed by atoms with Gasteiger partial charge in [0, 0.05) is 23.7 Å². The molecule has 3 rings (SSSR count). The van der Waals surface area contributed by atoms with Crippen LogP contribution in [0.4, 0.5) is 0 Å². The van der Waals surface area contributed by atoms with Crippen LogP contribution in [0.25, 0.3) is 10.9 Å². The molecule has 0 aliphatic carbocycles. The summed E-state index contributed by atoms with van der Waals surface area (Å²) in [6.07, 6.45) is 3.02. The molecule has 2 aromatic heterocycles. The van der Waals surface area contributed by atoms with Crippen LogP contribution in [0.3, 0.4) is 0 Å². The molecule has 1 N–H and O–H groups in total. The minimum Gasteiger partial charge on any atom is -0.386 e. The van der Waals surface area contributed by atoms with E-state index in [1.54, 1.807) is 12.4 Å². The lowest BCUT2D eigenvalue weighted by Crippen LogP contribution is -2.06. The number of pyridine rings is 1. The molecule has 0 radical (unpaired) electrons. The molecule has 20 heavy (non-hydrogen) atoms. The predicted octanol–water partition coefficient (Wildman–Crippen LogP) is 2.61. The first kappa shape index (κ1) is 12.7. The molecule has 1 aromatic carbocycles. The maximum Gasteiger partial charge on any atom is 0.103 e. The van der Waals surface area contributed by atoms with Crippen molar-refractivity contribution >= 4 is 10.9 Å². The number of hydrogen-bond donors (Lipinski definition) is 1. The average Bonchev–Trinajstić information content (AvgIpc) is 2.48. The van der Waals surface area contributed by atoms with Crippen LogP contribution >= 0.6 is 0 Å². The van der Waals surface area contributed by atoms with Gasteiger partial charge in [-0.3, -0.25) is 15.0 Å². The number of aromatic nitrogens is 3. The highest BCUT2D eigenvalue weighted by molar-refractivity contribution is 5.78. The van der Waals surface area contributed by atoms with E-state index in [1.165, 1.54) is 0 Å². The lowest BCUT2D eigenvalue weighted by molar-refractivity contribution is 0.172. The van der Waals surface area contributed by atoms with Crippen molar-refractivity contribution in [3.63, 3.8) is 0 Å². The van der Waals surface area contributed by atoms with Crippen molar-refractivity contribution in [2.75, 3.05) is 0 Å². The van der Waals surface area contributed by atoms with Gasteiger partial charge in [0.15, 0.2) is 0 Å². The summed E-state index contributed by atoms with van der Waals surface area (Å²) in [5.74, 6) is 0. The highest BCUT2D eigenvalue weighted by atomic mass is 16.3. The van der Waals surface area contributed by atoms with Gasteiger partial charge in [-0.25, -0.2) is 0 Å². The topological polar surface area (TPSA) is 58.9 Å². The fraction of sp³-hybridized carbons (Fsp3) is 0.188. The van der Waals surface area contributed by atoms with E-state index in [2.05, 4.69) is 15.0 Å². The number of aliphatic hydroxyl groups excluding tert-OH is 1. The molecule has 3 aromatic rings. The van der Waals surface area contributed by atoms with E-state index < -0.39 is 6.10 Å². The third kappa shape index (κ3) is 2.65. The molecular formula is C16H15N3O. The Kier molecular flexibility index (Phi) is 3.39. The minimum atomic E-state index is -0.684. The zero-order valence-corrected chi connectivity index (χ0v) is 11.2. The average molecular weight is 265 g/mol. The van der Waals surface area contributed by atoms with E-state index in [-0.39, 0.29) is 0 Å². The second-order valence-corrected chi connectivity index (χ2v) is 4.80. The van der Waals surface area contributed by atoms with Gasteiger partial charge in [-0.1, -0.05) is 24.3 Å². The van der Waals surface area contributed by atoms with E-state index in [0.717, 1.165) is 22.3 Å². The normalized spacial score (nSPS) is 12.5. The first-order valence-corrected chi connectivity index (χ1v) is 6.53. The van der Waals surface area contributed by atoms with Crippen molar-refractivity contribution in [3.8, 4) is 0 Å². The number of para-hydroxylation sites is 1. The smallest absolute Gasteiger partial charge is 0.103 e. The lowest BCUT2D eigenvalue weighted by atomic mass is 10.1. The Morgan fingerprint density at radius 1 is 1.05 bits per heavy atom. The summed E-state index contributed by atoms with van der Waals surface area (Å²) in [5.41, 5.74) is 3.20. The van der Waals surface area contributed by atoms with Gasteiger partial charge in [0.25, 0.3) is 0 Å². The minimum absolute atomic E-state index is 0.433. The maximum absolute atomic E-state index is 10.2. The largest absolute Gasteiger partial charge is 0.386 e. The Morgan fingerprint density at radius 3 is 2.70 bits per heavy atom. The summed E-state index contributed by atoms with van der Waals surface area (Å²) in [7, 11) is 0. The third-order valence-corrected chi connectivity index (χ3v) is 3.20. The Hall–Kier alpha value is -2.33. The van der Waals surface area contributed by atoms with Crippen molar-refractivity contribution in [1.29, 1.82) is 0 Å². The molecule has 2 heterocycles. The number of fused-ring (bicyclic) bond motifs is 1. The van der Waals surface area contributed by atoms with Gasteiger partial charge < -0.3 is 5.11 Å². The van der Waals surface area contributed by atoms with Crippen LogP contribution in [0.1, 0.15) is 23.2 Å². The number of hydrogen-bond acceptors (Lipinski definition) is 4. The quantitative estimate of drug-likeness (QED) is 0.790. The zero-order valence-electron chi connectivity index (χ0n) is 11.2. The monoisotopic (exact) mass is 265 g/mol. The van der Waals surface area contributed by atoms with Gasteiger partial charge in [-0.2, -0.15) is 0 Å². The Bertz CT molecular complexity index is 725. The molecule has 0 aliphatic heterocycles. The van der Waals surface area contributed by atoms with Crippen molar-refractivity contribution in [2.45, 2.75) is 19.4 Å². The van der Waals surface area contributed by atoms with Crippen LogP contribution in [0, 0.1) is 6.92 Å². The number of benzene rings is 1. The summed E-state index contributed by atoms with van der Waals surface area (Å²) in [5, 5.41) is 11.3. The third-order valence-electron chi connectivity index (χ3n) is 3.20. The highest BCUT2D eigenvalue weighted by Gasteiger charge is 2.11. The van der Waals surface area contributed by atoms with Gasteiger partial charge in [-0.15, -0.1) is 0 Å². The molecule has 1 unspecified atom stereocenters. The Morgan fingerprint density at radius 2 is 1.90 bits per heavy atom. The number of nitrogens with zero attached hydrogens (tertiary/aromatic N) is 3. The summed E-state index contributed by atoms with van der Waals surface area (Å²) < 4.78 is 0. The molecule has 0 spiro atoms. The predicted molar refractivity (Wildman–Crippen MR) is 77.2 cm³/mol. The van der Waals surface area contributed by atoms with Gasteiger partial charge in [-0.05, 0) is 19.1 Å². The van der Waals surface area contributed by atoms with Crippen LogP contribution < -0.4 is 0 Å². The number of aliphatic hydroxyl groups is 1. The summed E-state index contributed by atoms with van der Waals surface area (Å²) in [6, 6.07) is 11.9. The fourth-order valence-electron chi connectivity index (χ4n) is 2.10. The van der Waals surface area contributed by atoms with E-state index in [1.807, 2.05) is 43.3 Å². The van der Waals surface area contributed by atoms with Crippen LogP contribution in [0.15, 0.2) is 48.8 Å². The molecule has 0 fully saturated rings. The molecule has 0 bridgehead atoms. The van der Waals surface area contributed by atoms with Gasteiger partial charge in [0.1, 0.15) is 6.10 Å². The van der Waals surface area contributed by atoms with E-state index in [9.17, 15) is 5.11 Å². The van der Waals surface area contributed by atoms with Crippen LogP contribution in [-0.2, 0) is 6.42 Å². The Balaban J connectivity index is 1.83. The SMILES string of the molecule is Cc1cnc(C(O)Cc2ccc3ccccc3n2)cn1. The van der Waals surface area contributed by atoms with Crippen molar-refractivity contribution in [1.82, 2.24) is 15.0 Å². The first-order valence-electron chi connectivity index (χ1n) is 6.53. The molecule has 0 aliphatic rings. The molecule has 0 saturated carbocycles. The van der Waals surface area contributed by atoms with Crippen LogP contribution in [0.5, 0.6) is 0 Å². The van der Waals surface area contributed by atoms with Gasteiger partial charge >= 0.3 is 0 Å². The van der Waals surface area contributed by atoms with E-state index in [0.29, 0.717) is 12.1 Å². The molecule has 0 saturated heterocycles. The molecular weight excluding hydrogens is 250 g/mol. The lowest BCUT2D eigenvalue weighted by Gasteiger charge is -2.10. The van der Waals surface area contributed by atoms with Crippen molar-refractivity contribution in [3.05, 3.63) is 65.9 Å². The van der Waals surface area contributed by atoms with Crippen molar-refractivity contribution in [2.24, 2.45) is 0 Å². The second-order valence-electron chi connectivity index (χ2n) is 4.80. The standard InChI is InChI=1S/C16H15N3O/c1-11-9-18-15(10-17-11)16(20)8-13-7-6-12-4-2-3-5-14(12)19-13/h2-7,9-10,16,20H,8H2,1H3. The molecule has 0 amide bonds. The molecule has 4 nitrogen and oxygen atoms in total. The number of aryl methyl sites for hydroxylation is 1. The summed E-state index contributed by atoms with van der Waals surface area (Å²) in [6.45, 7) is 1.87. The fourth-order valence-corrected chi connectivity index (χ4v) is 2.10.